The van der Waals surface area contributed by atoms with E-state index in [4.69, 9.17) is 11.6 Å². The van der Waals surface area contributed by atoms with Crippen molar-refractivity contribution in [3.05, 3.63) is 32.1 Å². The van der Waals surface area contributed by atoms with Crippen molar-refractivity contribution in [3.8, 4) is 0 Å². The molecule has 0 aromatic heterocycles. The molecule has 0 unspecified atom stereocenters. The second-order valence-electron chi connectivity index (χ2n) is 2.25. The van der Waals surface area contributed by atoms with Gasteiger partial charge in [0.1, 0.15) is 5.82 Å². The van der Waals surface area contributed by atoms with Gasteiger partial charge in [-0.3, -0.25) is 0 Å². The van der Waals surface area contributed by atoms with E-state index in [0.29, 0.717) is 6.07 Å². The van der Waals surface area contributed by atoms with Crippen LogP contribution in [0.15, 0.2) is 12.1 Å². The van der Waals surface area contributed by atoms with Crippen LogP contribution < -0.4 is 0 Å². The highest BCUT2D eigenvalue weighted by Gasteiger charge is 2.34. The quantitative estimate of drug-likeness (QED) is 0.383. The van der Waals surface area contributed by atoms with Crippen molar-refractivity contribution in [2.45, 2.75) is 6.18 Å². The summed E-state index contributed by atoms with van der Waals surface area (Å²) in [6.45, 7) is 0. The Morgan fingerprint density at radius 2 is 1.77 bits per heavy atom. The molecule has 0 atom stereocenters. The Morgan fingerprint density at radius 1 is 1.23 bits per heavy atom. The van der Waals surface area contributed by atoms with E-state index in [2.05, 4.69) is 0 Å². The van der Waals surface area contributed by atoms with Gasteiger partial charge in [0.05, 0.1) is 10.6 Å². The van der Waals surface area contributed by atoms with Crippen LogP contribution in [-0.4, -0.2) is 0 Å². The van der Waals surface area contributed by atoms with E-state index in [1.807, 2.05) is 0 Å². The molecule has 0 aliphatic rings. The van der Waals surface area contributed by atoms with Crippen LogP contribution in [0.25, 0.3) is 0 Å². The summed E-state index contributed by atoms with van der Waals surface area (Å²) in [7, 11) is 0. The minimum Gasteiger partial charge on any atom is -0.207 e. The van der Waals surface area contributed by atoms with Crippen LogP contribution in [0.4, 0.5) is 17.6 Å². The Hall–Kier alpha value is -0.0400. The van der Waals surface area contributed by atoms with Gasteiger partial charge >= 0.3 is 6.18 Å². The van der Waals surface area contributed by atoms with E-state index < -0.39 is 22.6 Å². The molecule has 0 saturated carbocycles. The average molecular weight is 324 g/mol. The Balaban J connectivity index is 3.37. The van der Waals surface area contributed by atoms with Crippen LogP contribution in [0, 0.1) is 9.39 Å². The zero-order valence-electron chi connectivity index (χ0n) is 5.92. The first kappa shape index (κ1) is 11.0. The van der Waals surface area contributed by atoms with Gasteiger partial charge in [0.25, 0.3) is 0 Å². The molecule has 0 aliphatic heterocycles. The van der Waals surface area contributed by atoms with Crippen molar-refractivity contribution in [1.82, 2.24) is 0 Å². The number of alkyl halides is 3. The summed E-state index contributed by atoms with van der Waals surface area (Å²) in [4.78, 5) is 0. The van der Waals surface area contributed by atoms with Gasteiger partial charge in [-0.2, -0.15) is 13.2 Å². The first-order valence-electron chi connectivity index (χ1n) is 3.04. The first-order valence-corrected chi connectivity index (χ1v) is 4.50. The van der Waals surface area contributed by atoms with Crippen LogP contribution in [0.3, 0.4) is 0 Å². The van der Waals surface area contributed by atoms with E-state index in [9.17, 15) is 17.6 Å². The minimum absolute atomic E-state index is 0.0478. The topological polar surface area (TPSA) is 0 Å². The second-order valence-corrected chi connectivity index (χ2v) is 3.79. The van der Waals surface area contributed by atoms with E-state index >= 15 is 0 Å². The van der Waals surface area contributed by atoms with Crippen molar-refractivity contribution in [1.29, 1.82) is 0 Å². The highest BCUT2D eigenvalue weighted by atomic mass is 127. The number of halogens is 6. The van der Waals surface area contributed by atoms with Gasteiger partial charge in [0.15, 0.2) is 0 Å². The lowest BCUT2D eigenvalue weighted by atomic mass is 10.2. The number of benzene rings is 1. The third kappa shape index (κ3) is 2.46. The molecule has 0 heterocycles. The Labute approximate surface area is 90.0 Å². The molecular formula is C7H2ClF4I. The maximum absolute atomic E-state index is 12.6. The lowest BCUT2D eigenvalue weighted by Crippen LogP contribution is -2.07. The zero-order chi connectivity index (χ0) is 10.2. The fraction of sp³-hybridized carbons (Fsp3) is 0.143. The highest BCUT2D eigenvalue weighted by Crippen LogP contribution is 2.37. The summed E-state index contributed by atoms with van der Waals surface area (Å²) in [5, 5.41) is -0.463. The second kappa shape index (κ2) is 3.61. The molecule has 0 radical (unpaired) electrons. The predicted octanol–water partition coefficient (Wildman–Crippen LogP) is 4.10. The normalized spacial score (nSPS) is 11.8. The molecule has 0 nitrogen and oxygen atoms in total. The zero-order valence-corrected chi connectivity index (χ0v) is 8.84. The van der Waals surface area contributed by atoms with Gasteiger partial charge in [-0.25, -0.2) is 4.39 Å². The molecule has 0 spiro atoms. The summed E-state index contributed by atoms with van der Waals surface area (Å²) in [6, 6.07) is 1.32. The fourth-order valence-corrected chi connectivity index (χ4v) is 1.57. The number of rotatable bonds is 0. The summed E-state index contributed by atoms with van der Waals surface area (Å²) in [5.41, 5.74) is -1.14. The molecule has 1 aromatic carbocycles. The maximum Gasteiger partial charge on any atom is 0.417 e. The molecule has 0 bridgehead atoms. The summed E-state index contributed by atoms with van der Waals surface area (Å²) in [6.07, 6.45) is -4.61. The molecule has 13 heavy (non-hydrogen) atoms. The predicted molar refractivity (Wildman–Crippen MR) is 49.1 cm³/mol. The fourth-order valence-electron chi connectivity index (χ4n) is 0.762. The Morgan fingerprint density at radius 3 is 2.23 bits per heavy atom. The molecule has 0 aliphatic carbocycles. The Kier molecular flexibility index (Phi) is 3.06. The summed E-state index contributed by atoms with van der Waals surface area (Å²) >= 11 is 6.90. The van der Waals surface area contributed by atoms with Crippen LogP contribution in [0.2, 0.25) is 5.02 Å². The smallest absolute Gasteiger partial charge is 0.207 e. The molecule has 1 aromatic rings. The van der Waals surface area contributed by atoms with Gasteiger partial charge in [0, 0.05) is 3.57 Å². The van der Waals surface area contributed by atoms with E-state index in [-0.39, 0.29) is 3.57 Å². The van der Waals surface area contributed by atoms with Gasteiger partial charge in [-0.1, -0.05) is 11.6 Å². The molecule has 0 amide bonds. The Bertz CT molecular complexity index is 334. The maximum atomic E-state index is 12.6. The third-order valence-corrected chi connectivity index (χ3v) is 2.88. The number of hydrogen-bond donors (Lipinski definition) is 0. The van der Waals surface area contributed by atoms with Crippen molar-refractivity contribution >= 4 is 34.2 Å². The molecule has 72 valence electrons. The third-order valence-electron chi connectivity index (χ3n) is 1.30. The average Bonchev–Trinajstić information content (AvgIpc) is 1.94. The lowest BCUT2D eigenvalue weighted by molar-refractivity contribution is -0.137. The molecule has 0 N–H and O–H groups in total. The van der Waals surface area contributed by atoms with Crippen LogP contribution in [-0.2, 0) is 6.18 Å². The molecule has 0 fully saturated rings. The van der Waals surface area contributed by atoms with Crippen LogP contribution in [0.5, 0.6) is 0 Å². The van der Waals surface area contributed by atoms with Gasteiger partial charge in [-0.05, 0) is 34.7 Å². The van der Waals surface area contributed by atoms with Crippen LogP contribution >= 0.6 is 34.2 Å². The van der Waals surface area contributed by atoms with Crippen molar-refractivity contribution in [2.75, 3.05) is 0 Å². The first-order chi connectivity index (χ1) is 5.82. The summed E-state index contributed by atoms with van der Waals surface area (Å²) in [5.74, 6) is -0.943. The monoisotopic (exact) mass is 324 g/mol. The van der Waals surface area contributed by atoms with E-state index in [1.165, 1.54) is 0 Å². The molecular weight excluding hydrogens is 322 g/mol. The standard InChI is InChI=1S/C7H2ClF4I/c8-6-4(7(10,11)12)1-3(9)2-5(6)13/h1-2H. The van der Waals surface area contributed by atoms with Gasteiger partial charge in [-0.15, -0.1) is 0 Å². The molecule has 0 saturated heterocycles. The van der Waals surface area contributed by atoms with Gasteiger partial charge in [0.2, 0.25) is 0 Å². The van der Waals surface area contributed by atoms with E-state index in [0.717, 1.165) is 6.07 Å². The van der Waals surface area contributed by atoms with Crippen LogP contribution in [0.1, 0.15) is 5.56 Å². The summed E-state index contributed by atoms with van der Waals surface area (Å²) < 4.78 is 49.1. The highest BCUT2D eigenvalue weighted by molar-refractivity contribution is 14.1. The lowest BCUT2D eigenvalue weighted by Gasteiger charge is -2.09. The van der Waals surface area contributed by atoms with Gasteiger partial charge < -0.3 is 0 Å². The largest absolute Gasteiger partial charge is 0.417 e. The molecule has 6 heteroatoms. The van der Waals surface area contributed by atoms with Crippen molar-refractivity contribution in [3.63, 3.8) is 0 Å². The van der Waals surface area contributed by atoms with Crippen molar-refractivity contribution < 1.29 is 17.6 Å². The minimum atomic E-state index is -4.61. The number of hydrogen-bond acceptors (Lipinski definition) is 0. The van der Waals surface area contributed by atoms with Crippen molar-refractivity contribution in [2.24, 2.45) is 0 Å². The SMILES string of the molecule is Fc1cc(I)c(Cl)c(C(F)(F)F)c1. The van der Waals surface area contributed by atoms with E-state index in [1.54, 1.807) is 22.6 Å². The molecule has 1 rings (SSSR count).